The van der Waals surface area contributed by atoms with E-state index in [1.807, 2.05) is 60.9 Å². The van der Waals surface area contributed by atoms with Crippen LogP contribution in [0.1, 0.15) is 49.5 Å². The average Bonchev–Trinajstić information content (AvgIpc) is 3.71. The number of benzene rings is 1. The molecule has 1 spiro atoms. The first-order chi connectivity index (χ1) is 19.3. The Hall–Kier alpha value is -3.17. The van der Waals surface area contributed by atoms with E-state index in [9.17, 15) is 14.4 Å². The number of rotatable bonds is 9. The van der Waals surface area contributed by atoms with Crippen LogP contribution in [0.25, 0.3) is 0 Å². The van der Waals surface area contributed by atoms with Crippen molar-refractivity contribution < 1.29 is 23.9 Å². The number of ether oxygens (including phenoxy) is 2. The molecule has 2 aromatic rings. The Morgan fingerprint density at radius 2 is 1.88 bits per heavy atom. The van der Waals surface area contributed by atoms with Gasteiger partial charge in [0.05, 0.1) is 31.1 Å². The van der Waals surface area contributed by atoms with Crippen LogP contribution in [0.3, 0.4) is 0 Å². The van der Waals surface area contributed by atoms with Crippen molar-refractivity contribution in [1.82, 2.24) is 15.5 Å². The summed E-state index contributed by atoms with van der Waals surface area (Å²) in [7, 11) is 1.63. The molecule has 8 nitrogen and oxygen atoms in total. The molecule has 2 saturated heterocycles. The van der Waals surface area contributed by atoms with E-state index in [0.29, 0.717) is 19.5 Å². The molecular formula is C31H37N3O5S. The largest absolute Gasteiger partial charge is 0.497 e. The third-order valence-electron chi connectivity index (χ3n) is 9.10. The minimum Gasteiger partial charge on any atom is -0.497 e. The van der Waals surface area contributed by atoms with Crippen molar-refractivity contribution in [2.24, 2.45) is 11.8 Å². The first-order valence-electron chi connectivity index (χ1n) is 14.3. The number of carbonyl (C=O) groups is 3. The zero-order valence-corrected chi connectivity index (χ0v) is 23.9. The van der Waals surface area contributed by atoms with E-state index < -0.39 is 29.1 Å². The molecule has 3 amide bonds. The second-order valence-electron chi connectivity index (χ2n) is 11.6. The number of nitrogens with one attached hydrogen (secondary N) is 2. The number of thiophene rings is 1. The summed E-state index contributed by atoms with van der Waals surface area (Å²) in [6, 6.07) is 10.9. The molecule has 1 aliphatic carbocycles. The summed E-state index contributed by atoms with van der Waals surface area (Å²) in [6.07, 6.45) is 9.59. The fourth-order valence-electron chi connectivity index (χ4n) is 7.14. The summed E-state index contributed by atoms with van der Waals surface area (Å²) >= 11 is 1.57. The number of fused-ring (bicyclic) bond motifs is 1. The van der Waals surface area contributed by atoms with Gasteiger partial charge in [0, 0.05) is 17.5 Å². The number of nitrogens with zero attached hydrogens (tertiary/aromatic N) is 1. The van der Waals surface area contributed by atoms with Gasteiger partial charge in [-0.3, -0.25) is 14.4 Å². The highest BCUT2D eigenvalue weighted by Gasteiger charge is 2.76. The lowest BCUT2D eigenvalue weighted by Gasteiger charge is -2.34. The summed E-state index contributed by atoms with van der Waals surface area (Å²) in [6.45, 7) is 2.61. The molecule has 2 bridgehead atoms. The molecule has 2 N–H and O–H groups in total. The minimum absolute atomic E-state index is 0.0956. The van der Waals surface area contributed by atoms with E-state index in [1.165, 1.54) is 6.42 Å². The van der Waals surface area contributed by atoms with Crippen LogP contribution in [-0.2, 0) is 32.1 Å². The Morgan fingerprint density at radius 1 is 1.10 bits per heavy atom. The molecule has 5 atom stereocenters. The monoisotopic (exact) mass is 563 g/mol. The van der Waals surface area contributed by atoms with Crippen molar-refractivity contribution in [2.75, 3.05) is 13.7 Å². The maximum Gasteiger partial charge on any atom is 0.246 e. The Labute approximate surface area is 239 Å². The van der Waals surface area contributed by atoms with Crippen molar-refractivity contribution in [1.29, 1.82) is 0 Å². The summed E-state index contributed by atoms with van der Waals surface area (Å²) in [5, 5.41) is 8.26. The number of methoxy groups -OCH3 is 1. The lowest BCUT2D eigenvalue weighted by Crippen LogP contribution is -2.57. The number of carbonyl (C=O) groups excluding carboxylic acids is 3. The summed E-state index contributed by atoms with van der Waals surface area (Å²) in [4.78, 5) is 44.6. The number of amides is 3. The van der Waals surface area contributed by atoms with E-state index in [4.69, 9.17) is 9.47 Å². The minimum atomic E-state index is -1.17. The van der Waals surface area contributed by atoms with Gasteiger partial charge in [0.15, 0.2) is 0 Å². The molecule has 0 unspecified atom stereocenters. The van der Waals surface area contributed by atoms with Crippen LogP contribution in [-0.4, -0.2) is 59.6 Å². The molecule has 1 aromatic heterocycles. The maximum absolute atomic E-state index is 14.2. The maximum atomic E-state index is 14.2. The second-order valence-corrected chi connectivity index (χ2v) is 12.6. The van der Waals surface area contributed by atoms with Crippen molar-refractivity contribution in [3.05, 3.63) is 64.4 Å². The Morgan fingerprint density at radius 3 is 2.58 bits per heavy atom. The Bertz CT molecular complexity index is 1290. The predicted octanol–water partition coefficient (Wildman–Crippen LogP) is 3.61. The van der Waals surface area contributed by atoms with Crippen LogP contribution < -0.4 is 15.4 Å². The van der Waals surface area contributed by atoms with Crippen LogP contribution in [0.4, 0.5) is 0 Å². The van der Waals surface area contributed by atoms with Crippen LogP contribution >= 0.6 is 11.3 Å². The lowest BCUT2D eigenvalue weighted by molar-refractivity contribution is -0.145. The van der Waals surface area contributed by atoms with Crippen molar-refractivity contribution in [2.45, 2.75) is 75.3 Å². The molecule has 1 aromatic carbocycles. The first-order valence-corrected chi connectivity index (χ1v) is 15.2. The van der Waals surface area contributed by atoms with E-state index >= 15 is 0 Å². The molecule has 9 heteroatoms. The SMILES string of the molecule is COc1ccc(CCN2C(=O)[C@@H]3[C@H](C(=O)NCc4cccs4)[C@@]4(C)C=C[C@@]3(O4)[C@H]2C(=O)NC2CCCCC2)cc1. The van der Waals surface area contributed by atoms with E-state index in [2.05, 4.69) is 10.6 Å². The van der Waals surface area contributed by atoms with Gasteiger partial charge in [-0.25, -0.2) is 0 Å². The molecule has 4 aliphatic rings. The van der Waals surface area contributed by atoms with Crippen LogP contribution in [0, 0.1) is 11.8 Å². The van der Waals surface area contributed by atoms with Gasteiger partial charge in [-0.15, -0.1) is 11.3 Å². The van der Waals surface area contributed by atoms with Crippen molar-refractivity contribution >= 4 is 29.1 Å². The van der Waals surface area contributed by atoms with Gasteiger partial charge in [0.1, 0.15) is 17.4 Å². The molecule has 3 fully saturated rings. The Balaban J connectivity index is 1.28. The summed E-state index contributed by atoms with van der Waals surface area (Å²) < 4.78 is 11.9. The number of hydrogen-bond acceptors (Lipinski definition) is 6. The van der Waals surface area contributed by atoms with Gasteiger partial charge in [-0.05, 0) is 55.3 Å². The quantitative estimate of drug-likeness (QED) is 0.455. The summed E-state index contributed by atoms with van der Waals surface area (Å²) in [5.74, 6) is -1.32. The third-order valence-corrected chi connectivity index (χ3v) is 9.97. The van der Waals surface area contributed by atoms with Gasteiger partial charge in [0.25, 0.3) is 0 Å². The zero-order valence-electron chi connectivity index (χ0n) is 23.1. The molecule has 6 rings (SSSR count). The van der Waals surface area contributed by atoms with Crippen LogP contribution in [0.15, 0.2) is 53.9 Å². The number of likely N-dealkylation sites (tertiary alicyclic amines) is 1. The van der Waals surface area contributed by atoms with E-state index in [0.717, 1.165) is 41.9 Å². The normalized spacial score (nSPS) is 30.9. The second kappa shape index (κ2) is 10.7. The molecule has 3 aliphatic heterocycles. The van der Waals surface area contributed by atoms with Gasteiger partial charge in [0.2, 0.25) is 17.7 Å². The Kier molecular flexibility index (Phi) is 7.21. The lowest BCUT2D eigenvalue weighted by atomic mass is 9.70. The standard InChI is InChI=1S/C31H37N3O5S/c1-30-15-16-31(39-30)25(24(30)27(35)32-19-23-9-6-18-40-23)29(37)34(17-14-20-10-12-22(38-2)13-11-20)26(31)28(36)33-21-7-4-3-5-8-21/h6,9-13,15-16,18,21,24-26H,3-5,7-8,14,17,19H2,1-2H3,(H,32,35)(H,33,36)/t24-,25+,26-,30-,31+/m1/s1. The van der Waals surface area contributed by atoms with Crippen molar-refractivity contribution in [3.63, 3.8) is 0 Å². The highest BCUT2D eigenvalue weighted by Crippen LogP contribution is 2.59. The van der Waals surface area contributed by atoms with Gasteiger partial charge in [-0.2, -0.15) is 0 Å². The molecule has 1 saturated carbocycles. The fourth-order valence-corrected chi connectivity index (χ4v) is 7.78. The average molecular weight is 564 g/mol. The zero-order chi connectivity index (χ0) is 27.9. The topological polar surface area (TPSA) is 97.0 Å². The van der Waals surface area contributed by atoms with Crippen molar-refractivity contribution in [3.8, 4) is 5.75 Å². The molecular weight excluding hydrogens is 526 g/mol. The number of hydrogen-bond donors (Lipinski definition) is 2. The van der Waals surface area contributed by atoms with Gasteiger partial charge >= 0.3 is 0 Å². The predicted molar refractivity (Wildman–Crippen MR) is 152 cm³/mol. The van der Waals surface area contributed by atoms with Crippen LogP contribution in [0.5, 0.6) is 5.75 Å². The van der Waals surface area contributed by atoms with E-state index in [-0.39, 0.29) is 23.8 Å². The smallest absolute Gasteiger partial charge is 0.246 e. The summed E-state index contributed by atoms with van der Waals surface area (Å²) in [5.41, 5.74) is -1.09. The third kappa shape index (κ3) is 4.63. The highest BCUT2D eigenvalue weighted by molar-refractivity contribution is 7.09. The van der Waals surface area contributed by atoms with E-state index in [1.54, 1.807) is 23.3 Å². The molecule has 4 heterocycles. The van der Waals surface area contributed by atoms with Gasteiger partial charge in [-0.1, -0.05) is 49.6 Å². The highest BCUT2D eigenvalue weighted by atomic mass is 32.1. The van der Waals surface area contributed by atoms with Gasteiger partial charge < -0.3 is 25.0 Å². The molecule has 0 radical (unpaired) electrons. The molecule has 212 valence electrons. The molecule has 40 heavy (non-hydrogen) atoms. The first kappa shape index (κ1) is 27.0. The fraction of sp³-hybridized carbons (Fsp3) is 0.516. The van der Waals surface area contributed by atoms with Crippen LogP contribution in [0.2, 0.25) is 0 Å².